The van der Waals surface area contributed by atoms with Crippen molar-refractivity contribution >= 4 is 11.6 Å². The molecule has 21 heavy (non-hydrogen) atoms. The molecule has 1 N–H and O–H groups in total. The van der Waals surface area contributed by atoms with Crippen LogP contribution < -0.4 is 10.2 Å². The van der Waals surface area contributed by atoms with Gasteiger partial charge in [-0.1, -0.05) is 18.2 Å². The first-order valence-corrected chi connectivity index (χ1v) is 7.58. The summed E-state index contributed by atoms with van der Waals surface area (Å²) in [6, 6.07) is 8.47. The Kier molecular flexibility index (Phi) is 4.12. The van der Waals surface area contributed by atoms with E-state index in [9.17, 15) is 4.79 Å². The summed E-state index contributed by atoms with van der Waals surface area (Å²) in [5, 5.41) is 3.23. The lowest BCUT2D eigenvalue weighted by atomic mass is 10.1. The van der Waals surface area contributed by atoms with Gasteiger partial charge in [0, 0.05) is 45.0 Å². The van der Waals surface area contributed by atoms with Gasteiger partial charge < -0.3 is 19.9 Å². The number of nitrogens with zero attached hydrogens (tertiary/aromatic N) is 2. The van der Waals surface area contributed by atoms with E-state index >= 15 is 0 Å². The van der Waals surface area contributed by atoms with E-state index in [4.69, 9.17) is 4.74 Å². The summed E-state index contributed by atoms with van der Waals surface area (Å²) < 4.78 is 5.63. The molecule has 2 atom stereocenters. The van der Waals surface area contributed by atoms with Crippen molar-refractivity contribution in [1.29, 1.82) is 0 Å². The number of nitrogens with one attached hydrogen (secondary N) is 1. The second-order valence-electron chi connectivity index (χ2n) is 5.89. The van der Waals surface area contributed by atoms with Gasteiger partial charge in [0.05, 0.1) is 6.61 Å². The van der Waals surface area contributed by atoms with Crippen LogP contribution in [0.15, 0.2) is 24.3 Å². The Morgan fingerprint density at radius 3 is 2.95 bits per heavy atom. The Labute approximate surface area is 125 Å². The van der Waals surface area contributed by atoms with Crippen molar-refractivity contribution in [3.8, 4) is 0 Å². The molecular weight excluding hydrogens is 266 g/mol. The average molecular weight is 289 g/mol. The summed E-state index contributed by atoms with van der Waals surface area (Å²) in [5.74, 6) is 0.0970. The van der Waals surface area contributed by atoms with E-state index in [0.717, 1.165) is 13.1 Å². The molecule has 0 saturated carbocycles. The number of hydrogen-bond donors (Lipinski definition) is 1. The summed E-state index contributed by atoms with van der Waals surface area (Å²) in [6.07, 6.45) is -0.350. The van der Waals surface area contributed by atoms with E-state index in [1.807, 2.05) is 17.0 Å². The molecule has 0 aliphatic carbocycles. The van der Waals surface area contributed by atoms with Gasteiger partial charge in [-0.25, -0.2) is 0 Å². The van der Waals surface area contributed by atoms with E-state index in [-0.39, 0.29) is 18.1 Å². The molecule has 0 aromatic heterocycles. The molecule has 0 bridgehead atoms. The van der Waals surface area contributed by atoms with Crippen LogP contribution in [-0.2, 0) is 16.1 Å². The van der Waals surface area contributed by atoms with Crippen molar-refractivity contribution in [2.75, 3.05) is 38.2 Å². The van der Waals surface area contributed by atoms with Crippen molar-refractivity contribution in [1.82, 2.24) is 10.2 Å². The highest BCUT2D eigenvalue weighted by atomic mass is 16.5. The number of morpholine rings is 1. The molecule has 5 heteroatoms. The Hall–Kier alpha value is -1.59. The molecule has 1 amide bonds. The molecule has 2 heterocycles. The Bertz CT molecular complexity index is 514. The fourth-order valence-electron chi connectivity index (χ4n) is 3.15. The zero-order valence-corrected chi connectivity index (χ0v) is 12.7. The van der Waals surface area contributed by atoms with Crippen molar-refractivity contribution in [3.63, 3.8) is 0 Å². The number of para-hydroxylation sites is 1. The minimum absolute atomic E-state index is 0.0970. The number of fused-ring (bicyclic) bond motifs is 1. The van der Waals surface area contributed by atoms with Crippen molar-refractivity contribution in [2.24, 2.45) is 0 Å². The number of amides is 1. The molecule has 1 saturated heterocycles. The minimum atomic E-state index is -0.350. The highest BCUT2D eigenvalue weighted by molar-refractivity contribution is 5.82. The first kappa shape index (κ1) is 14.4. The Balaban J connectivity index is 1.83. The first-order chi connectivity index (χ1) is 10.2. The van der Waals surface area contributed by atoms with E-state index in [0.29, 0.717) is 19.7 Å². The maximum Gasteiger partial charge on any atom is 0.253 e. The molecule has 0 spiro atoms. The van der Waals surface area contributed by atoms with E-state index < -0.39 is 0 Å². The van der Waals surface area contributed by atoms with Crippen molar-refractivity contribution in [3.05, 3.63) is 29.8 Å². The first-order valence-electron chi connectivity index (χ1n) is 7.58. The predicted molar refractivity (Wildman–Crippen MR) is 82.3 cm³/mol. The number of hydrogen-bond acceptors (Lipinski definition) is 4. The van der Waals surface area contributed by atoms with Gasteiger partial charge in [-0.05, 0) is 18.6 Å². The molecule has 2 aliphatic rings. The normalized spacial score (nSPS) is 26.2. The van der Waals surface area contributed by atoms with E-state index in [1.54, 1.807) is 0 Å². The molecule has 0 unspecified atom stereocenters. The summed E-state index contributed by atoms with van der Waals surface area (Å²) in [7, 11) is 2.09. The lowest BCUT2D eigenvalue weighted by Crippen LogP contribution is -2.52. The van der Waals surface area contributed by atoms with Gasteiger partial charge >= 0.3 is 0 Å². The SMILES string of the molecule is C[C@@H]1CN(C)c2ccccc2CN1C(=O)[C@@H]1CNCCO1. The lowest BCUT2D eigenvalue weighted by molar-refractivity contribution is -0.147. The maximum atomic E-state index is 12.8. The van der Waals surface area contributed by atoms with Crippen molar-refractivity contribution < 1.29 is 9.53 Å². The molecule has 1 fully saturated rings. The predicted octanol–water partition coefficient (Wildman–Crippen LogP) is 0.842. The smallest absolute Gasteiger partial charge is 0.253 e. The molecule has 2 aliphatic heterocycles. The molecule has 0 radical (unpaired) electrons. The summed E-state index contributed by atoms with van der Waals surface area (Å²) >= 11 is 0. The van der Waals surface area contributed by atoms with Crippen LogP contribution in [0.4, 0.5) is 5.69 Å². The standard InChI is InChI=1S/C16H23N3O2/c1-12-10-18(2)14-6-4-3-5-13(14)11-19(12)16(20)15-9-17-7-8-21-15/h3-6,12,15,17H,7-11H2,1-2H3/t12-,15+/m1/s1. The molecular formula is C16H23N3O2. The molecule has 114 valence electrons. The van der Waals surface area contributed by atoms with Crippen LogP contribution in [0.2, 0.25) is 0 Å². The van der Waals surface area contributed by atoms with Gasteiger partial charge in [-0.2, -0.15) is 0 Å². The van der Waals surface area contributed by atoms with Gasteiger partial charge in [-0.15, -0.1) is 0 Å². The van der Waals surface area contributed by atoms with Crippen molar-refractivity contribution in [2.45, 2.75) is 25.6 Å². The average Bonchev–Trinajstić information content (AvgIpc) is 2.64. The third kappa shape index (κ3) is 2.89. The van der Waals surface area contributed by atoms with Crippen LogP contribution >= 0.6 is 0 Å². The zero-order chi connectivity index (χ0) is 14.8. The van der Waals surface area contributed by atoms with Gasteiger partial charge in [0.15, 0.2) is 0 Å². The summed E-state index contributed by atoms with van der Waals surface area (Å²) in [5.41, 5.74) is 2.41. The Morgan fingerprint density at radius 2 is 2.19 bits per heavy atom. The number of rotatable bonds is 1. The molecule has 5 nitrogen and oxygen atoms in total. The minimum Gasteiger partial charge on any atom is -0.372 e. The van der Waals surface area contributed by atoms with Gasteiger partial charge in [0.1, 0.15) is 6.10 Å². The fraction of sp³-hybridized carbons (Fsp3) is 0.562. The molecule has 1 aromatic rings. The Morgan fingerprint density at radius 1 is 1.38 bits per heavy atom. The second-order valence-corrected chi connectivity index (χ2v) is 5.89. The summed E-state index contributed by atoms with van der Waals surface area (Å²) in [4.78, 5) is 17.0. The van der Waals surface area contributed by atoms with E-state index in [2.05, 4.69) is 36.3 Å². The largest absolute Gasteiger partial charge is 0.372 e. The number of likely N-dealkylation sites (N-methyl/N-ethyl adjacent to an activating group) is 1. The number of benzene rings is 1. The zero-order valence-electron chi connectivity index (χ0n) is 12.7. The topological polar surface area (TPSA) is 44.8 Å². The van der Waals surface area contributed by atoms with Crippen LogP contribution in [0.3, 0.4) is 0 Å². The van der Waals surface area contributed by atoms with Crippen LogP contribution in [0.1, 0.15) is 12.5 Å². The van der Waals surface area contributed by atoms with E-state index in [1.165, 1.54) is 11.3 Å². The number of anilines is 1. The monoisotopic (exact) mass is 289 g/mol. The van der Waals surface area contributed by atoms with Gasteiger partial charge in [0.2, 0.25) is 0 Å². The third-order valence-corrected chi connectivity index (χ3v) is 4.30. The van der Waals surface area contributed by atoms with Gasteiger partial charge in [-0.3, -0.25) is 4.79 Å². The quantitative estimate of drug-likeness (QED) is 0.832. The van der Waals surface area contributed by atoms with Crippen LogP contribution in [-0.4, -0.2) is 56.2 Å². The highest BCUT2D eigenvalue weighted by Gasteiger charge is 2.32. The molecule has 3 rings (SSSR count). The van der Waals surface area contributed by atoms with Gasteiger partial charge in [0.25, 0.3) is 5.91 Å². The second kappa shape index (κ2) is 6.03. The fourth-order valence-corrected chi connectivity index (χ4v) is 3.15. The number of ether oxygens (including phenoxy) is 1. The highest BCUT2D eigenvalue weighted by Crippen LogP contribution is 2.26. The lowest BCUT2D eigenvalue weighted by Gasteiger charge is -2.33. The third-order valence-electron chi connectivity index (χ3n) is 4.30. The van der Waals surface area contributed by atoms with Crippen LogP contribution in [0.25, 0.3) is 0 Å². The number of carbonyl (C=O) groups excluding carboxylic acids is 1. The molecule has 1 aromatic carbocycles. The van der Waals surface area contributed by atoms with Crippen LogP contribution in [0, 0.1) is 0 Å². The van der Waals surface area contributed by atoms with Crippen LogP contribution in [0.5, 0.6) is 0 Å². The maximum absolute atomic E-state index is 12.8. The number of carbonyl (C=O) groups is 1. The summed E-state index contributed by atoms with van der Waals surface area (Å²) in [6.45, 7) is 5.64.